The van der Waals surface area contributed by atoms with Crippen LogP contribution in [0.3, 0.4) is 0 Å². The van der Waals surface area contributed by atoms with Gasteiger partial charge in [-0.15, -0.1) is 0 Å². The number of pyridine rings is 1. The summed E-state index contributed by atoms with van der Waals surface area (Å²) in [6.45, 7) is 6.15. The Morgan fingerprint density at radius 3 is 2.52 bits per heavy atom. The molecule has 1 aliphatic rings. The number of hydrogen-bond acceptors (Lipinski definition) is 3. The van der Waals surface area contributed by atoms with Crippen molar-refractivity contribution >= 4 is 5.91 Å². The van der Waals surface area contributed by atoms with Gasteiger partial charge in [-0.3, -0.25) is 14.7 Å². The first-order valence-electron chi connectivity index (χ1n) is 10.2. The molecule has 0 saturated carbocycles. The molecule has 1 aliphatic heterocycles. The number of rotatable bonds is 5. The van der Waals surface area contributed by atoms with Gasteiger partial charge in [0.25, 0.3) is 0 Å². The van der Waals surface area contributed by atoms with Crippen LogP contribution in [0.5, 0.6) is 0 Å². The van der Waals surface area contributed by atoms with Crippen molar-refractivity contribution in [2.45, 2.75) is 26.4 Å². The van der Waals surface area contributed by atoms with Crippen molar-refractivity contribution in [2.24, 2.45) is 0 Å². The highest BCUT2D eigenvalue weighted by Crippen LogP contribution is 2.24. The SMILES string of the molecule is Cc1ccccc1-c1cccc(CN2CCC(=O)N(Cc3ccncc3)CC2)c1. The van der Waals surface area contributed by atoms with Gasteiger partial charge in [-0.25, -0.2) is 0 Å². The van der Waals surface area contributed by atoms with Crippen LogP contribution in [0.4, 0.5) is 0 Å². The Hall–Kier alpha value is -2.98. The van der Waals surface area contributed by atoms with Crippen LogP contribution in [-0.4, -0.2) is 40.3 Å². The van der Waals surface area contributed by atoms with E-state index < -0.39 is 0 Å². The molecule has 29 heavy (non-hydrogen) atoms. The highest BCUT2D eigenvalue weighted by Gasteiger charge is 2.21. The lowest BCUT2D eigenvalue weighted by atomic mass is 9.99. The number of aryl methyl sites for hydroxylation is 1. The summed E-state index contributed by atoms with van der Waals surface area (Å²) >= 11 is 0. The number of hydrogen-bond donors (Lipinski definition) is 0. The fourth-order valence-electron chi connectivity index (χ4n) is 3.94. The third-order valence-electron chi connectivity index (χ3n) is 5.59. The standard InChI is InChI=1S/C25H27N3O/c1-20-5-2-3-8-24(20)23-7-4-6-22(17-23)18-27-14-11-25(29)28(16-15-27)19-21-9-12-26-13-10-21/h2-10,12-13,17H,11,14-16,18-19H2,1H3. The molecule has 4 heteroatoms. The van der Waals surface area contributed by atoms with Crippen LogP contribution in [0, 0.1) is 6.92 Å². The van der Waals surface area contributed by atoms with Crippen molar-refractivity contribution in [1.29, 1.82) is 0 Å². The summed E-state index contributed by atoms with van der Waals surface area (Å²) in [6.07, 6.45) is 4.14. The van der Waals surface area contributed by atoms with Crippen molar-refractivity contribution in [3.63, 3.8) is 0 Å². The van der Waals surface area contributed by atoms with E-state index in [1.807, 2.05) is 17.0 Å². The van der Waals surface area contributed by atoms with E-state index in [1.165, 1.54) is 22.3 Å². The number of carbonyl (C=O) groups is 1. The van der Waals surface area contributed by atoms with Gasteiger partial charge >= 0.3 is 0 Å². The molecular weight excluding hydrogens is 358 g/mol. The lowest BCUT2D eigenvalue weighted by Crippen LogP contribution is -2.32. The smallest absolute Gasteiger partial charge is 0.224 e. The molecule has 3 aromatic rings. The summed E-state index contributed by atoms with van der Waals surface area (Å²) < 4.78 is 0. The van der Waals surface area contributed by atoms with Gasteiger partial charge in [0.1, 0.15) is 0 Å². The summed E-state index contributed by atoms with van der Waals surface area (Å²) in [4.78, 5) is 21.0. The van der Waals surface area contributed by atoms with Crippen LogP contribution in [0.2, 0.25) is 0 Å². The van der Waals surface area contributed by atoms with Gasteiger partial charge < -0.3 is 4.90 Å². The zero-order chi connectivity index (χ0) is 20.1. The third-order valence-corrected chi connectivity index (χ3v) is 5.59. The molecule has 0 atom stereocenters. The molecule has 1 aromatic heterocycles. The first kappa shape index (κ1) is 19.3. The Bertz CT molecular complexity index is 971. The second-order valence-corrected chi connectivity index (χ2v) is 7.71. The Morgan fingerprint density at radius 1 is 0.862 bits per heavy atom. The lowest BCUT2D eigenvalue weighted by molar-refractivity contribution is -0.130. The van der Waals surface area contributed by atoms with Crippen molar-refractivity contribution in [2.75, 3.05) is 19.6 Å². The average molecular weight is 386 g/mol. The van der Waals surface area contributed by atoms with Crippen LogP contribution < -0.4 is 0 Å². The Morgan fingerprint density at radius 2 is 1.69 bits per heavy atom. The number of benzene rings is 2. The summed E-state index contributed by atoms with van der Waals surface area (Å²) in [5.74, 6) is 0.234. The van der Waals surface area contributed by atoms with E-state index >= 15 is 0 Å². The molecule has 2 aromatic carbocycles. The van der Waals surface area contributed by atoms with Gasteiger partial charge in [-0.05, 0) is 52.9 Å². The third kappa shape index (κ3) is 4.90. The Balaban J connectivity index is 1.42. The molecule has 0 radical (unpaired) electrons. The molecule has 0 unspecified atom stereocenters. The molecule has 148 valence electrons. The summed E-state index contributed by atoms with van der Waals surface area (Å²) in [5, 5.41) is 0. The van der Waals surface area contributed by atoms with Gasteiger partial charge in [-0.2, -0.15) is 0 Å². The van der Waals surface area contributed by atoms with Gasteiger partial charge in [0.15, 0.2) is 0 Å². The molecule has 4 rings (SSSR count). The van der Waals surface area contributed by atoms with E-state index in [9.17, 15) is 4.79 Å². The largest absolute Gasteiger partial charge is 0.337 e. The predicted octanol–water partition coefficient (Wildman–Crippen LogP) is 4.29. The molecule has 4 nitrogen and oxygen atoms in total. The average Bonchev–Trinajstić information content (AvgIpc) is 2.91. The van der Waals surface area contributed by atoms with Gasteiger partial charge in [0.2, 0.25) is 5.91 Å². The molecule has 0 bridgehead atoms. The van der Waals surface area contributed by atoms with Crippen molar-refractivity contribution in [1.82, 2.24) is 14.8 Å². The summed E-state index contributed by atoms with van der Waals surface area (Å²) in [7, 11) is 0. The van der Waals surface area contributed by atoms with Crippen molar-refractivity contribution in [3.8, 4) is 11.1 Å². The predicted molar refractivity (Wildman–Crippen MR) is 116 cm³/mol. The second-order valence-electron chi connectivity index (χ2n) is 7.71. The van der Waals surface area contributed by atoms with Crippen LogP contribution in [0.1, 0.15) is 23.1 Å². The maximum atomic E-state index is 12.6. The molecule has 2 heterocycles. The minimum atomic E-state index is 0.234. The van der Waals surface area contributed by atoms with Crippen LogP contribution in [0.15, 0.2) is 73.1 Å². The zero-order valence-electron chi connectivity index (χ0n) is 16.9. The maximum absolute atomic E-state index is 12.6. The quantitative estimate of drug-likeness (QED) is 0.657. The number of nitrogens with zero attached hydrogens (tertiary/aromatic N) is 3. The Kier molecular flexibility index (Phi) is 6.01. The van der Waals surface area contributed by atoms with Crippen LogP contribution in [-0.2, 0) is 17.9 Å². The van der Waals surface area contributed by atoms with E-state index in [4.69, 9.17) is 0 Å². The molecule has 1 fully saturated rings. The van der Waals surface area contributed by atoms with E-state index in [0.717, 1.165) is 31.7 Å². The second kappa shape index (κ2) is 9.01. The monoisotopic (exact) mass is 385 g/mol. The topological polar surface area (TPSA) is 36.4 Å². The van der Waals surface area contributed by atoms with Crippen molar-refractivity contribution in [3.05, 3.63) is 89.7 Å². The molecule has 1 saturated heterocycles. The molecule has 0 spiro atoms. The maximum Gasteiger partial charge on any atom is 0.224 e. The highest BCUT2D eigenvalue weighted by atomic mass is 16.2. The first-order valence-corrected chi connectivity index (χ1v) is 10.2. The normalized spacial score (nSPS) is 15.3. The minimum absolute atomic E-state index is 0.234. The molecule has 0 aliphatic carbocycles. The zero-order valence-corrected chi connectivity index (χ0v) is 16.9. The summed E-state index contributed by atoms with van der Waals surface area (Å²) in [5.41, 5.74) is 6.25. The Labute approximate surface area is 172 Å². The van der Waals surface area contributed by atoms with Crippen LogP contribution in [0.25, 0.3) is 11.1 Å². The molecule has 1 amide bonds. The van der Waals surface area contributed by atoms with Gasteiger partial charge in [0, 0.05) is 51.5 Å². The van der Waals surface area contributed by atoms with E-state index in [1.54, 1.807) is 12.4 Å². The van der Waals surface area contributed by atoms with Crippen molar-refractivity contribution < 1.29 is 4.79 Å². The number of carbonyl (C=O) groups excluding carboxylic acids is 1. The number of amides is 1. The van der Waals surface area contributed by atoms with Gasteiger partial charge in [-0.1, -0.05) is 42.5 Å². The molecule has 0 N–H and O–H groups in total. The highest BCUT2D eigenvalue weighted by molar-refractivity contribution is 5.76. The van der Waals surface area contributed by atoms with E-state index in [0.29, 0.717) is 13.0 Å². The lowest BCUT2D eigenvalue weighted by Gasteiger charge is -2.22. The van der Waals surface area contributed by atoms with Crippen LogP contribution >= 0.6 is 0 Å². The fourth-order valence-corrected chi connectivity index (χ4v) is 3.94. The first-order chi connectivity index (χ1) is 14.2. The molecular formula is C25H27N3O. The van der Waals surface area contributed by atoms with E-state index in [-0.39, 0.29) is 5.91 Å². The number of aromatic nitrogens is 1. The van der Waals surface area contributed by atoms with Gasteiger partial charge in [0.05, 0.1) is 0 Å². The minimum Gasteiger partial charge on any atom is -0.337 e. The van der Waals surface area contributed by atoms with E-state index in [2.05, 4.69) is 65.3 Å². The summed E-state index contributed by atoms with van der Waals surface area (Å²) in [6, 6.07) is 21.2. The fraction of sp³-hybridized carbons (Fsp3) is 0.280.